The number of likely N-dealkylation sites (N-methyl/N-ethyl adjacent to an activating group) is 1. The van der Waals surface area contributed by atoms with E-state index in [-0.39, 0.29) is 22.4 Å². The van der Waals surface area contributed by atoms with Crippen molar-refractivity contribution < 1.29 is 14.3 Å². The van der Waals surface area contributed by atoms with Crippen molar-refractivity contribution in [2.75, 3.05) is 13.6 Å². The van der Waals surface area contributed by atoms with E-state index in [2.05, 4.69) is 21.2 Å². The van der Waals surface area contributed by atoms with Crippen molar-refractivity contribution in [3.05, 3.63) is 28.0 Å². The first kappa shape index (κ1) is 11.1. The molecule has 0 fully saturated rings. The first-order valence-corrected chi connectivity index (χ1v) is 4.71. The van der Waals surface area contributed by atoms with E-state index in [1.165, 1.54) is 6.07 Å². The fourth-order valence-corrected chi connectivity index (χ4v) is 1.45. The second-order valence-electron chi connectivity index (χ2n) is 2.74. The van der Waals surface area contributed by atoms with Gasteiger partial charge in [0.2, 0.25) is 0 Å². The molecule has 1 rings (SSSR count). The van der Waals surface area contributed by atoms with E-state index in [1.54, 1.807) is 7.05 Å². The van der Waals surface area contributed by atoms with Crippen molar-refractivity contribution in [1.82, 2.24) is 5.32 Å². The predicted molar refractivity (Wildman–Crippen MR) is 54.0 cm³/mol. The Balaban J connectivity index is 3.06. The van der Waals surface area contributed by atoms with Crippen molar-refractivity contribution in [2.45, 2.75) is 0 Å². The van der Waals surface area contributed by atoms with Crippen molar-refractivity contribution in [3.63, 3.8) is 0 Å². The Hall–Kier alpha value is -0.940. The highest BCUT2D eigenvalue weighted by atomic mass is 79.9. The average molecular weight is 262 g/mol. The van der Waals surface area contributed by atoms with Crippen LogP contribution >= 0.6 is 15.9 Å². The maximum absolute atomic E-state index is 12.9. The van der Waals surface area contributed by atoms with Crippen molar-refractivity contribution >= 4 is 21.7 Å². The Kier molecular flexibility index (Phi) is 3.60. The summed E-state index contributed by atoms with van der Waals surface area (Å²) in [6, 6.07) is 2.45. The van der Waals surface area contributed by atoms with Gasteiger partial charge < -0.3 is 10.4 Å². The molecule has 0 radical (unpaired) electrons. The van der Waals surface area contributed by atoms with Crippen LogP contribution in [0.2, 0.25) is 0 Å². The molecular formula is C9H9BrFNO2. The van der Waals surface area contributed by atoms with Crippen LogP contribution in [-0.2, 0) is 0 Å². The molecule has 14 heavy (non-hydrogen) atoms. The topological polar surface area (TPSA) is 49.3 Å². The summed E-state index contributed by atoms with van der Waals surface area (Å²) >= 11 is 2.91. The average Bonchev–Trinajstić information content (AvgIpc) is 2.13. The third kappa shape index (κ3) is 2.30. The largest absolute Gasteiger partial charge is 0.505 e. The quantitative estimate of drug-likeness (QED) is 0.815. The summed E-state index contributed by atoms with van der Waals surface area (Å²) in [5, 5.41) is 11.8. The van der Waals surface area contributed by atoms with Gasteiger partial charge in [-0.25, -0.2) is 4.39 Å². The summed E-state index contributed by atoms with van der Waals surface area (Å²) in [6.07, 6.45) is 0. The van der Waals surface area contributed by atoms with Crippen molar-refractivity contribution in [3.8, 4) is 5.75 Å². The lowest BCUT2D eigenvalue weighted by Crippen LogP contribution is -2.18. The number of phenolic OH excluding ortho intramolecular Hbond substituents is 1. The van der Waals surface area contributed by atoms with Gasteiger partial charge >= 0.3 is 0 Å². The Bertz CT molecular complexity index is 345. The van der Waals surface area contributed by atoms with Crippen LogP contribution in [0.5, 0.6) is 5.75 Å². The number of nitrogens with one attached hydrogen (secondary N) is 1. The van der Waals surface area contributed by atoms with Crippen LogP contribution in [0.4, 0.5) is 4.39 Å². The van der Waals surface area contributed by atoms with Gasteiger partial charge in [0.1, 0.15) is 0 Å². The highest BCUT2D eigenvalue weighted by Crippen LogP contribution is 2.26. The number of carbonyl (C=O) groups excluding carboxylic acids is 1. The predicted octanol–water partition coefficient (Wildman–Crippen LogP) is 1.70. The molecule has 0 saturated carbocycles. The molecule has 0 aromatic heterocycles. The third-order valence-electron chi connectivity index (χ3n) is 1.67. The summed E-state index contributed by atoms with van der Waals surface area (Å²) in [6.45, 7) is 0.150. The van der Waals surface area contributed by atoms with E-state index in [0.29, 0.717) is 0 Å². The van der Waals surface area contributed by atoms with Gasteiger partial charge in [-0.1, -0.05) is 0 Å². The van der Waals surface area contributed by atoms with Gasteiger partial charge in [0.25, 0.3) is 0 Å². The van der Waals surface area contributed by atoms with Crippen LogP contribution < -0.4 is 5.32 Å². The fraction of sp³-hybridized carbons (Fsp3) is 0.222. The van der Waals surface area contributed by atoms with E-state index in [9.17, 15) is 9.18 Å². The van der Waals surface area contributed by atoms with E-state index >= 15 is 0 Å². The molecule has 0 aliphatic carbocycles. The van der Waals surface area contributed by atoms with E-state index in [1.807, 2.05) is 0 Å². The molecule has 0 amide bonds. The lowest BCUT2D eigenvalue weighted by Gasteiger charge is -2.03. The number of benzene rings is 1. The van der Waals surface area contributed by atoms with Gasteiger partial charge in [-0.2, -0.15) is 0 Å². The summed E-state index contributed by atoms with van der Waals surface area (Å²) < 4.78 is 13.0. The first-order chi connectivity index (χ1) is 6.56. The van der Waals surface area contributed by atoms with Crippen molar-refractivity contribution in [2.24, 2.45) is 0 Å². The van der Waals surface area contributed by atoms with Gasteiger partial charge in [-0.15, -0.1) is 0 Å². The second-order valence-corrected chi connectivity index (χ2v) is 3.60. The second kappa shape index (κ2) is 4.52. The molecule has 2 N–H and O–H groups in total. The third-order valence-corrected chi connectivity index (χ3v) is 2.25. The molecule has 0 unspecified atom stereocenters. The zero-order chi connectivity index (χ0) is 10.7. The maximum atomic E-state index is 12.9. The van der Waals surface area contributed by atoms with Crippen molar-refractivity contribution in [1.29, 1.82) is 0 Å². The molecule has 0 atom stereocenters. The molecule has 76 valence electrons. The number of hydrogen-bond acceptors (Lipinski definition) is 3. The van der Waals surface area contributed by atoms with Gasteiger partial charge in [0.05, 0.1) is 11.0 Å². The molecule has 0 heterocycles. The lowest BCUT2D eigenvalue weighted by molar-refractivity contribution is 0.0993. The molecule has 0 spiro atoms. The van der Waals surface area contributed by atoms with Gasteiger partial charge in [0, 0.05) is 5.56 Å². The molecule has 0 aliphatic rings. The zero-order valence-corrected chi connectivity index (χ0v) is 9.06. The number of Topliss-reactive ketones (excluding diaryl/α,β-unsaturated/α-hetero) is 1. The Labute approximate surface area is 89.1 Å². The highest BCUT2D eigenvalue weighted by molar-refractivity contribution is 9.10. The molecule has 0 aliphatic heterocycles. The van der Waals surface area contributed by atoms with Crippen LogP contribution in [0, 0.1) is 5.82 Å². The normalized spacial score (nSPS) is 10.2. The molecular weight excluding hydrogens is 253 g/mol. The molecule has 1 aromatic carbocycles. The minimum absolute atomic E-state index is 0.0805. The smallest absolute Gasteiger partial charge is 0.178 e. The fourth-order valence-electron chi connectivity index (χ4n) is 0.998. The summed E-state index contributed by atoms with van der Waals surface area (Å²) in [5.41, 5.74) is 0.269. The first-order valence-electron chi connectivity index (χ1n) is 3.92. The monoisotopic (exact) mass is 261 g/mol. The Morgan fingerprint density at radius 1 is 1.64 bits per heavy atom. The van der Waals surface area contributed by atoms with E-state index in [4.69, 9.17) is 5.11 Å². The van der Waals surface area contributed by atoms with Crippen LogP contribution in [-0.4, -0.2) is 24.5 Å². The van der Waals surface area contributed by atoms with Crippen LogP contribution in [0.1, 0.15) is 10.4 Å². The number of aromatic hydroxyl groups is 1. The summed E-state index contributed by atoms with van der Waals surface area (Å²) in [7, 11) is 1.64. The number of hydrogen-bond donors (Lipinski definition) is 2. The molecule has 3 nitrogen and oxygen atoms in total. The van der Waals surface area contributed by atoms with Gasteiger partial charge in [0.15, 0.2) is 17.3 Å². The van der Waals surface area contributed by atoms with Crippen LogP contribution in [0.3, 0.4) is 0 Å². The van der Waals surface area contributed by atoms with E-state index in [0.717, 1.165) is 6.07 Å². The summed E-state index contributed by atoms with van der Waals surface area (Å²) in [4.78, 5) is 11.3. The number of phenols is 1. The Morgan fingerprint density at radius 3 is 2.79 bits per heavy atom. The highest BCUT2D eigenvalue weighted by Gasteiger charge is 2.12. The SMILES string of the molecule is CNCC(=O)c1cc(O)c(F)c(Br)c1. The molecule has 0 saturated heterocycles. The molecule has 1 aromatic rings. The zero-order valence-electron chi connectivity index (χ0n) is 7.47. The van der Waals surface area contributed by atoms with E-state index < -0.39 is 11.6 Å². The molecule has 0 bridgehead atoms. The lowest BCUT2D eigenvalue weighted by atomic mass is 10.1. The molecule has 5 heteroatoms. The summed E-state index contributed by atoms with van der Waals surface area (Å²) in [5.74, 6) is -1.49. The van der Waals surface area contributed by atoms with Gasteiger partial charge in [-0.3, -0.25) is 4.79 Å². The number of ketones is 1. The van der Waals surface area contributed by atoms with Crippen LogP contribution in [0.15, 0.2) is 16.6 Å². The van der Waals surface area contributed by atoms with Crippen LogP contribution in [0.25, 0.3) is 0 Å². The standard InChI is InChI=1S/C9H9BrFNO2/c1-12-4-8(14)5-2-6(10)9(11)7(13)3-5/h2-3,12-13H,4H2,1H3. The number of halogens is 2. The van der Waals surface area contributed by atoms with Gasteiger partial charge in [-0.05, 0) is 35.1 Å². The number of rotatable bonds is 3. The minimum Gasteiger partial charge on any atom is -0.505 e. The Morgan fingerprint density at radius 2 is 2.29 bits per heavy atom. The number of carbonyl (C=O) groups is 1. The minimum atomic E-state index is -0.758. The maximum Gasteiger partial charge on any atom is 0.178 e.